The molecule has 27 heavy (non-hydrogen) atoms. The molecule has 0 bridgehead atoms. The number of carbonyl (C=O) groups is 2. The molecule has 2 rings (SSSR count). The van der Waals surface area contributed by atoms with Crippen LogP contribution >= 0.6 is 0 Å². The van der Waals surface area contributed by atoms with Gasteiger partial charge in [-0.15, -0.1) is 0 Å². The van der Waals surface area contributed by atoms with E-state index in [1.807, 2.05) is 32.0 Å². The van der Waals surface area contributed by atoms with Crippen molar-refractivity contribution < 1.29 is 22.7 Å². The zero-order chi connectivity index (χ0) is 20.0. The average molecular weight is 390 g/mol. The lowest BCUT2D eigenvalue weighted by atomic mass is 10.1. The first kappa shape index (κ1) is 20.4. The number of sulfone groups is 1. The van der Waals surface area contributed by atoms with Gasteiger partial charge in [0.2, 0.25) is 0 Å². The van der Waals surface area contributed by atoms with Gasteiger partial charge in [-0.25, -0.2) is 8.42 Å². The lowest BCUT2D eigenvalue weighted by Gasteiger charge is -2.10. The van der Waals surface area contributed by atoms with Crippen molar-refractivity contribution in [2.45, 2.75) is 19.6 Å². The van der Waals surface area contributed by atoms with Gasteiger partial charge in [-0.2, -0.15) is 0 Å². The van der Waals surface area contributed by atoms with E-state index in [1.54, 1.807) is 12.1 Å². The van der Waals surface area contributed by atoms with E-state index in [2.05, 4.69) is 10.9 Å². The summed E-state index contributed by atoms with van der Waals surface area (Å²) in [6.45, 7) is 3.62. The Hall–Kier alpha value is -2.87. The van der Waals surface area contributed by atoms with Gasteiger partial charge < -0.3 is 4.74 Å². The van der Waals surface area contributed by atoms with Crippen molar-refractivity contribution in [2.24, 2.45) is 0 Å². The van der Waals surface area contributed by atoms with Crippen LogP contribution in [-0.2, 0) is 20.4 Å². The van der Waals surface area contributed by atoms with E-state index >= 15 is 0 Å². The molecular weight excluding hydrogens is 368 g/mol. The van der Waals surface area contributed by atoms with E-state index in [1.165, 1.54) is 12.1 Å². The summed E-state index contributed by atoms with van der Waals surface area (Å²) in [5, 5.41) is 0. The van der Waals surface area contributed by atoms with E-state index in [0.717, 1.165) is 17.4 Å². The van der Waals surface area contributed by atoms with Gasteiger partial charge in [0, 0.05) is 11.8 Å². The van der Waals surface area contributed by atoms with Crippen LogP contribution in [0.2, 0.25) is 0 Å². The lowest BCUT2D eigenvalue weighted by molar-refractivity contribution is -0.123. The Morgan fingerprint density at radius 2 is 1.56 bits per heavy atom. The smallest absolute Gasteiger partial charge is 0.276 e. The van der Waals surface area contributed by atoms with Crippen molar-refractivity contribution in [3.8, 4) is 5.75 Å². The Balaban J connectivity index is 1.83. The Morgan fingerprint density at radius 1 is 0.963 bits per heavy atom. The number of hydrogen-bond acceptors (Lipinski definition) is 5. The van der Waals surface area contributed by atoms with Crippen LogP contribution in [0.15, 0.2) is 42.5 Å². The number of carbonyl (C=O) groups excluding carboxylic acids is 2. The third-order valence-electron chi connectivity index (χ3n) is 3.53. The molecule has 0 saturated heterocycles. The fourth-order valence-electron chi connectivity index (χ4n) is 2.45. The standard InChI is InChI=1S/C19H22N2O5S/c1-13-8-14(2)10-17(9-13)26-11-18(22)20-21-19(23)16-6-4-15(5-7-16)12-27(3,24)25/h4-10H,11-12H2,1-3H3,(H,20,22)(H,21,23). The molecule has 0 unspecified atom stereocenters. The van der Waals surface area contributed by atoms with Gasteiger partial charge in [-0.3, -0.25) is 20.4 Å². The summed E-state index contributed by atoms with van der Waals surface area (Å²) in [6, 6.07) is 11.7. The van der Waals surface area contributed by atoms with Crippen molar-refractivity contribution in [2.75, 3.05) is 12.9 Å². The number of aryl methyl sites for hydroxylation is 2. The second-order valence-corrected chi connectivity index (χ2v) is 8.52. The predicted molar refractivity (Wildman–Crippen MR) is 102 cm³/mol. The highest BCUT2D eigenvalue weighted by molar-refractivity contribution is 7.89. The minimum absolute atomic E-state index is 0.0958. The first-order valence-corrected chi connectivity index (χ1v) is 10.3. The molecule has 0 fully saturated rings. The van der Waals surface area contributed by atoms with E-state index in [4.69, 9.17) is 4.74 Å². The van der Waals surface area contributed by atoms with Crippen LogP contribution in [0.5, 0.6) is 5.75 Å². The SMILES string of the molecule is Cc1cc(C)cc(OCC(=O)NNC(=O)c2ccc(CS(C)(=O)=O)cc2)c1. The Labute approximate surface area is 158 Å². The summed E-state index contributed by atoms with van der Waals surface area (Å²) >= 11 is 0. The zero-order valence-corrected chi connectivity index (χ0v) is 16.2. The Morgan fingerprint density at radius 3 is 2.11 bits per heavy atom. The molecule has 2 aromatic carbocycles. The summed E-state index contributed by atoms with van der Waals surface area (Å²) < 4.78 is 27.9. The number of hydrogen-bond donors (Lipinski definition) is 2. The summed E-state index contributed by atoms with van der Waals surface area (Å²) in [6.07, 6.45) is 1.14. The van der Waals surface area contributed by atoms with Crippen LogP contribution in [-0.4, -0.2) is 33.1 Å². The van der Waals surface area contributed by atoms with Crippen LogP contribution in [0.4, 0.5) is 0 Å². The number of benzene rings is 2. The molecular formula is C19H22N2O5S. The maximum Gasteiger partial charge on any atom is 0.276 e. The van der Waals surface area contributed by atoms with Crippen LogP contribution in [0.25, 0.3) is 0 Å². The highest BCUT2D eigenvalue weighted by Crippen LogP contribution is 2.15. The fraction of sp³-hybridized carbons (Fsp3) is 0.263. The van der Waals surface area contributed by atoms with Crippen LogP contribution in [0, 0.1) is 13.8 Å². The number of nitrogens with one attached hydrogen (secondary N) is 2. The van der Waals surface area contributed by atoms with Crippen molar-refractivity contribution in [1.29, 1.82) is 0 Å². The number of amides is 2. The van der Waals surface area contributed by atoms with E-state index in [0.29, 0.717) is 16.9 Å². The molecule has 0 spiro atoms. The molecule has 2 N–H and O–H groups in total. The molecule has 7 nitrogen and oxygen atoms in total. The molecule has 8 heteroatoms. The second-order valence-electron chi connectivity index (χ2n) is 6.38. The van der Waals surface area contributed by atoms with E-state index in [9.17, 15) is 18.0 Å². The quantitative estimate of drug-likeness (QED) is 0.731. The molecule has 2 amide bonds. The third-order valence-corrected chi connectivity index (χ3v) is 4.38. The zero-order valence-electron chi connectivity index (χ0n) is 15.4. The largest absolute Gasteiger partial charge is 0.484 e. The molecule has 0 heterocycles. The number of ether oxygens (including phenoxy) is 1. The van der Waals surface area contributed by atoms with Crippen LogP contribution in [0.1, 0.15) is 27.0 Å². The first-order valence-electron chi connectivity index (χ1n) is 8.19. The second kappa shape index (κ2) is 8.68. The van der Waals surface area contributed by atoms with Gasteiger partial charge in [0.05, 0.1) is 5.75 Å². The Bertz CT molecular complexity index is 917. The van der Waals surface area contributed by atoms with Crippen LogP contribution in [0.3, 0.4) is 0 Å². The average Bonchev–Trinajstić information content (AvgIpc) is 2.56. The molecule has 0 aromatic heterocycles. The van der Waals surface area contributed by atoms with Crippen molar-refractivity contribution in [3.63, 3.8) is 0 Å². The maximum atomic E-state index is 12.0. The van der Waals surface area contributed by atoms with Gasteiger partial charge in [0.1, 0.15) is 5.75 Å². The van der Waals surface area contributed by atoms with Crippen molar-refractivity contribution >= 4 is 21.7 Å². The monoisotopic (exact) mass is 390 g/mol. The summed E-state index contributed by atoms with van der Waals surface area (Å²) in [5.74, 6) is -0.534. The number of rotatable bonds is 6. The minimum Gasteiger partial charge on any atom is -0.484 e. The van der Waals surface area contributed by atoms with Gasteiger partial charge in [0.15, 0.2) is 16.4 Å². The minimum atomic E-state index is -3.14. The predicted octanol–water partition coefficient (Wildman–Crippen LogP) is 1.69. The van der Waals surface area contributed by atoms with Crippen molar-refractivity contribution in [3.05, 3.63) is 64.7 Å². The lowest BCUT2D eigenvalue weighted by Crippen LogP contribution is -2.43. The van der Waals surface area contributed by atoms with Gasteiger partial charge >= 0.3 is 0 Å². The summed E-state index contributed by atoms with van der Waals surface area (Å²) in [5.41, 5.74) is 7.49. The fourth-order valence-corrected chi connectivity index (χ4v) is 3.25. The van der Waals surface area contributed by atoms with Gasteiger partial charge in [-0.05, 0) is 54.8 Å². The molecule has 0 aliphatic heterocycles. The molecule has 0 radical (unpaired) electrons. The molecule has 0 aliphatic rings. The highest BCUT2D eigenvalue weighted by Gasteiger charge is 2.10. The number of hydrazine groups is 1. The van der Waals surface area contributed by atoms with Gasteiger partial charge in [-0.1, -0.05) is 18.2 Å². The Kier molecular flexibility index (Phi) is 6.57. The van der Waals surface area contributed by atoms with E-state index < -0.39 is 21.7 Å². The van der Waals surface area contributed by atoms with Gasteiger partial charge in [0.25, 0.3) is 11.8 Å². The van der Waals surface area contributed by atoms with Crippen LogP contribution < -0.4 is 15.6 Å². The highest BCUT2D eigenvalue weighted by atomic mass is 32.2. The summed E-state index contributed by atoms with van der Waals surface area (Å²) in [4.78, 5) is 23.8. The molecule has 0 saturated carbocycles. The molecule has 2 aromatic rings. The third kappa shape index (κ3) is 7.10. The topological polar surface area (TPSA) is 102 Å². The van der Waals surface area contributed by atoms with E-state index in [-0.39, 0.29) is 12.4 Å². The maximum absolute atomic E-state index is 12.0. The molecule has 0 aliphatic carbocycles. The molecule has 144 valence electrons. The first-order chi connectivity index (χ1) is 12.6. The normalized spacial score (nSPS) is 10.9. The summed E-state index contributed by atoms with van der Waals surface area (Å²) in [7, 11) is -3.14. The molecule has 0 atom stereocenters. The van der Waals surface area contributed by atoms with Crippen molar-refractivity contribution in [1.82, 2.24) is 10.9 Å².